The van der Waals surface area contributed by atoms with Crippen molar-refractivity contribution < 1.29 is 4.74 Å². The number of nitrogens with zero attached hydrogens (tertiary/aromatic N) is 5. The molecule has 5 heterocycles. The van der Waals surface area contributed by atoms with Gasteiger partial charge in [-0.25, -0.2) is 0 Å². The fourth-order valence-electron chi connectivity index (χ4n) is 2.89. The normalized spacial score (nSPS) is 15.1. The van der Waals surface area contributed by atoms with E-state index < -0.39 is 0 Å². The summed E-state index contributed by atoms with van der Waals surface area (Å²) in [6, 6.07) is 10.3. The Bertz CT molecular complexity index is 988. The van der Waals surface area contributed by atoms with Crippen molar-refractivity contribution in [2.75, 3.05) is 31.2 Å². The van der Waals surface area contributed by atoms with Gasteiger partial charge in [-0.15, -0.1) is 22.7 Å². The van der Waals surface area contributed by atoms with Gasteiger partial charge in [-0.3, -0.25) is 0 Å². The molecule has 6 nitrogen and oxygen atoms in total. The lowest BCUT2D eigenvalue weighted by molar-refractivity contribution is 0.122. The molecule has 0 amide bonds. The van der Waals surface area contributed by atoms with E-state index in [4.69, 9.17) is 19.8 Å². The number of morpholine rings is 1. The van der Waals surface area contributed by atoms with Crippen LogP contribution in [0.4, 0.5) is 5.95 Å². The number of fused-ring (bicyclic) bond motifs is 1. The molecule has 0 aliphatic carbocycles. The molecule has 4 aromatic rings. The highest BCUT2D eigenvalue weighted by molar-refractivity contribution is 7.13. The Morgan fingerprint density at radius 2 is 1.72 bits per heavy atom. The monoisotopic (exact) mass is 369 g/mol. The highest BCUT2D eigenvalue weighted by Gasteiger charge is 2.19. The Labute approximate surface area is 152 Å². The van der Waals surface area contributed by atoms with Crippen LogP contribution in [-0.4, -0.2) is 45.9 Å². The first-order valence-corrected chi connectivity index (χ1v) is 9.83. The zero-order chi connectivity index (χ0) is 16.6. The first-order chi connectivity index (χ1) is 12.4. The van der Waals surface area contributed by atoms with Crippen LogP contribution in [0.5, 0.6) is 0 Å². The highest BCUT2D eigenvalue weighted by atomic mass is 32.1. The van der Waals surface area contributed by atoms with Crippen LogP contribution in [0, 0.1) is 0 Å². The molecule has 0 radical (unpaired) electrons. The Hall–Kier alpha value is -2.29. The summed E-state index contributed by atoms with van der Waals surface area (Å²) >= 11 is 3.34. The number of hydrogen-bond acceptors (Lipinski definition) is 7. The highest BCUT2D eigenvalue weighted by Crippen LogP contribution is 2.29. The molecule has 0 unspecified atom stereocenters. The van der Waals surface area contributed by atoms with E-state index in [2.05, 4.69) is 27.8 Å². The van der Waals surface area contributed by atoms with E-state index in [0.717, 1.165) is 46.0 Å². The second-order valence-corrected chi connectivity index (χ2v) is 7.60. The molecule has 8 heteroatoms. The number of rotatable bonds is 3. The van der Waals surface area contributed by atoms with Crippen LogP contribution in [0.25, 0.3) is 26.9 Å². The molecule has 5 rings (SSSR count). The van der Waals surface area contributed by atoms with Gasteiger partial charge in [0, 0.05) is 19.2 Å². The molecule has 1 saturated heterocycles. The van der Waals surface area contributed by atoms with Gasteiger partial charge in [-0.2, -0.15) is 19.6 Å². The predicted octanol–water partition coefficient (Wildman–Crippen LogP) is 3.42. The third kappa shape index (κ3) is 2.72. The second-order valence-electron chi connectivity index (χ2n) is 5.70. The SMILES string of the molecule is c1csc(-c2cc3nc(N4CCOCC4)nc(-c4cccs4)n3n2)c1. The topological polar surface area (TPSA) is 55.5 Å². The molecular formula is C17H15N5OS2. The van der Waals surface area contributed by atoms with Crippen LogP contribution in [0.1, 0.15) is 0 Å². The van der Waals surface area contributed by atoms with Crippen molar-refractivity contribution >= 4 is 34.3 Å². The zero-order valence-corrected chi connectivity index (χ0v) is 15.0. The van der Waals surface area contributed by atoms with Crippen molar-refractivity contribution in [2.45, 2.75) is 0 Å². The quantitative estimate of drug-likeness (QED) is 0.554. The summed E-state index contributed by atoms with van der Waals surface area (Å²) in [7, 11) is 0. The van der Waals surface area contributed by atoms with E-state index in [-0.39, 0.29) is 0 Å². The summed E-state index contributed by atoms with van der Waals surface area (Å²) in [5, 5.41) is 8.88. The molecular weight excluding hydrogens is 354 g/mol. The number of anilines is 1. The Kier molecular flexibility index (Phi) is 3.73. The number of thiophene rings is 2. The van der Waals surface area contributed by atoms with Crippen LogP contribution in [-0.2, 0) is 4.74 Å². The Morgan fingerprint density at radius 1 is 0.960 bits per heavy atom. The molecule has 0 atom stereocenters. The van der Waals surface area contributed by atoms with Gasteiger partial charge in [0.05, 0.1) is 23.0 Å². The first kappa shape index (κ1) is 15.0. The lowest BCUT2D eigenvalue weighted by Crippen LogP contribution is -2.37. The van der Waals surface area contributed by atoms with Gasteiger partial charge < -0.3 is 9.64 Å². The molecule has 0 bridgehead atoms. The van der Waals surface area contributed by atoms with Crippen molar-refractivity contribution in [2.24, 2.45) is 0 Å². The van der Waals surface area contributed by atoms with Gasteiger partial charge in [0.15, 0.2) is 11.5 Å². The van der Waals surface area contributed by atoms with E-state index in [9.17, 15) is 0 Å². The minimum Gasteiger partial charge on any atom is -0.378 e. The molecule has 1 fully saturated rings. The predicted molar refractivity (Wildman–Crippen MR) is 100 cm³/mol. The first-order valence-electron chi connectivity index (χ1n) is 8.07. The summed E-state index contributed by atoms with van der Waals surface area (Å²) in [6.07, 6.45) is 0. The minimum atomic E-state index is 0.711. The minimum absolute atomic E-state index is 0.711. The van der Waals surface area contributed by atoms with E-state index in [1.807, 2.05) is 22.7 Å². The maximum Gasteiger partial charge on any atom is 0.229 e. The third-order valence-electron chi connectivity index (χ3n) is 4.12. The Morgan fingerprint density at radius 3 is 2.44 bits per heavy atom. The number of ether oxygens (including phenoxy) is 1. The molecule has 0 aromatic carbocycles. The largest absolute Gasteiger partial charge is 0.378 e. The maximum atomic E-state index is 5.45. The summed E-state index contributed by atoms with van der Waals surface area (Å²) in [5.74, 6) is 1.58. The lowest BCUT2D eigenvalue weighted by Gasteiger charge is -2.26. The van der Waals surface area contributed by atoms with Crippen LogP contribution in [0.15, 0.2) is 41.1 Å². The molecule has 25 heavy (non-hydrogen) atoms. The average Bonchev–Trinajstić information content (AvgIpc) is 3.42. The fourth-order valence-corrected chi connectivity index (χ4v) is 4.27. The van der Waals surface area contributed by atoms with Gasteiger partial charge in [0.2, 0.25) is 5.95 Å². The van der Waals surface area contributed by atoms with Crippen LogP contribution in [0.3, 0.4) is 0 Å². The van der Waals surface area contributed by atoms with E-state index in [1.54, 1.807) is 22.7 Å². The van der Waals surface area contributed by atoms with E-state index in [1.165, 1.54) is 0 Å². The van der Waals surface area contributed by atoms with Crippen molar-refractivity contribution in [3.8, 4) is 21.3 Å². The molecule has 4 aromatic heterocycles. The van der Waals surface area contributed by atoms with Crippen LogP contribution < -0.4 is 4.90 Å². The molecule has 1 aliphatic rings. The standard InChI is InChI=1S/C17H15N5OS2/c1-3-13(24-9-1)12-11-15-18-17(21-5-7-23-8-6-21)19-16(22(15)20-12)14-4-2-10-25-14/h1-4,9-11H,5-8H2. The third-order valence-corrected chi connectivity index (χ3v) is 5.88. The zero-order valence-electron chi connectivity index (χ0n) is 13.3. The summed E-state index contributed by atoms with van der Waals surface area (Å²) in [4.78, 5) is 14.0. The van der Waals surface area contributed by atoms with Gasteiger partial charge in [-0.05, 0) is 22.9 Å². The Balaban J connectivity index is 1.69. The van der Waals surface area contributed by atoms with Crippen molar-refractivity contribution in [3.63, 3.8) is 0 Å². The van der Waals surface area contributed by atoms with E-state index in [0.29, 0.717) is 13.2 Å². The van der Waals surface area contributed by atoms with Gasteiger partial charge in [-0.1, -0.05) is 12.1 Å². The molecule has 0 N–H and O–H groups in total. The van der Waals surface area contributed by atoms with Gasteiger partial charge >= 0.3 is 0 Å². The maximum absolute atomic E-state index is 5.45. The lowest BCUT2D eigenvalue weighted by atomic mass is 10.3. The van der Waals surface area contributed by atoms with Crippen LogP contribution in [0.2, 0.25) is 0 Å². The smallest absolute Gasteiger partial charge is 0.229 e. The van der Waals surface area contributed by atoms with Crippen LogP contribution >= 0.6 is 22.7 Å². The van der Waals surface area contributed by atoms with Crippen molar-refractivity contribution in [3.05, 3.63) is 41.1 Å². The average molecular weight is 369 g/mol. The second kappa shape index (κ2) is 6.21. The number of hydrogen-bond donors (Lipinski definition) is 0. The van der Waals surface area contributed by atoms with E-state index >= 15 is 0 Å². The summed E-state index contributed by atoms with van der Waals surface area (Å²) in [6.45, 7) is 3.04. The van der Waals surface area contributed by atoms with Crippen molar-refractivity contribution in [1.29, 1.82) is 0 Å². The van der Waals surface area contributed by atoms with Gasteiger partial charge in [0.1, 0.15) is 5.69 Å². The summed E-state index contributed by atoms with van der Waals surface area (Å²) in [5.41, 5.74) is 1.75. The molecule has 126 valence electrons. The van der Waals surface area contributed by atoms with Gasteiger partial charge in [0.25, 0.3) is 0 Å². The molecule has 1 aliphatic heterocycles. The summed E-state index contributed by atoms with van der Waals surface area (Å²) < 4.78 is 7.30. The van der Waals surface area contributed by atoms with Crippen molar-refractivity contribution in [1.82, 2.24) is 19.6 Å². The number of aromatic nitrogens is 4. The molecule has 0 spiro atoms. The molecule has 0 saturated carbocycles. The fraction of sp³-hybridized carbons (Fsp3) is 0.235.